The van der Waals surface area contributed by atoms with Gasteiger partial charge in [0.2, 0.25) is 5.91 Å². The molecule has 7 heteroatoms. The minimum absolute atomic E-state index is 0.0127. The molecule has 1 aromatic heterocycles. The standard InChI is InChI=1S/C26H32N4O3/c1-33-21-9-7-18(8-10-21)15-29-13-12-22-23(17-29)27-24(28-25(22)31)20-11-14-30(16-20)26(32)19-5-3-2-4-6-19/h2-3,7-10,19-20H,4-6,11-17H2,1H3,(H,27,28,31)/t19-,20-/m0/s1. The lowest BCUT2D eigenvalue weighted by molar-refractivity contribution is -0.134. The van der Waals surface area contributed by atoms with Crippen molar-refractivity contribution in [1.29, 1.82) is 0 Å². The van der Waals surface area contributed by atoms with E-state index in [0.717, 1.165) is 68.1 Å². The van der Waals surface area contributed by atoms with E-state index in [9.17, 15) is 9.59 Å². The van der Waals surface area contributed by atoms with E-state index in [2.05, 4.69) is 34.2 Å². The van der Waals surface area contributed by atoms with Gasteiger partial charge >= 0.3 is 0 Å². The first-order valence-corrected chi connectivity index (χ1v) is 12.0. The monoisotopic (exact) mass is 448 g/mol. The lowest BCUT2D eigenvalue weighted by Crippen LogP contribution is -2.36. The molecule has 1 aromatic carbocycles. The van der Waals surface area contributed by atoms with Crippen LogP contribution in [-0.2, 0) is 24.3 Å². The van der Waals surface area contributed by atoms with Crippen LogP contribution in [0.15, 0.2) is 41.2 Å². The fourth-order valence-corrected chi connectivity index (χ4v) is 5.29. The van der Waals surface area contributed by atoms with Crippen molar-refractivity contribution in [2.75, 3.05) is 26.7 Å². The second-order valence-corrected chi connectivity index (χ2v) is 9.44. The number of aromatic amines is 1. The first-order chi connectivity index (χ1) is 16.1. The average molecular weight is 449 g/mol. The molecule has 3 heterocycles. The number of allylic oxidation sites excluding steroid dienone is 2. The molecule has 2 aromatic rings. The van der Waals surface area contributed by atoms with Crippen LogP contribution in [0, 0.1) is 5.92 Å². The van der Waals surface area contributed by atoms with Crippen molar-refractivity contribution >= 4 is 5.91 Å². The number of hydrogen-bond donors (Lipinski definition) is 1. The van der Waals surface area contributed by atoms with Gasteiger partial charge in [-0.25, -0.2) is 4.98 Å². The normalized spacial score (nSPS) is 22.9. The molecule has 1 saturated heterocycles. The van der Waals surface area contributed by atoms with Crippen molar-refractivity contribution in [3.05, 3.63) is 69.4 Å². The zero-order valence-corrected chi connectivity index (χ0v) is 19.3. The zero-order valence-electron chi connectivity index (χ0n) is 19.3. The number of methoxy groups -OCH3 is 1. The molecule has 1 amide bonds. The highest BCUT2D eigenvalue weighted by molar-refractivity contribution is 5.79. The van der Waals surface area contributed by atoms with Gasteiger partial charge in [-0.05, 0) is 49.8 Å². The Morgan fingerprint density at radius 1 is 1.18 bits per heavy atom. The van der Waals surface area contributed by atoms with Gasteiger partial charge in [0.25, 0.3) is 5.56 Å². The second kappa shape index (κ2) is 9.51. The number of fused-ring (bicyclic) bond motifs is 1. The highest BCUT2D eigenvalue weighted by Crippen LogP contribution is 2.29. The Morgan fingerprint density at radius 3 is 2.79 bits per heavy atom. The Labute approximate surface area is 194 Å². The number of nitrogens with zero attached hydrogens (tertiary/aromatic N) is 3. The summed E-state index contributed by atoms with van der Waals surface area (Å²) < 4.78 is 5.25. The van der Waals surface area contributed by atoms with E-state index in [4.69, 9.17) is 9.72 Å². The quantitative estimate of drug-likeness (QED) is 0.712. The minimum atomic E-state index is -0.0127. The number of hydrogen-bond acceptors (Lipinski definition) is 5. The number of benzene rings is 1. The van der Waals surface area contributed by atoms with Gasteiger partial charge < -0.3 is 14.6 Å². The van der Waals surface area contributed by atoms with E-state index >= 15 is 0 Å². The first kappa shape index (κ1) is 21.9. The maximum Gasteiger partial charge on any atom is 0.254 e. The maximum absolute atomic E-state index is 12.9. The molecular formula is C26H32N4O3. The number of H-pyrrole nitrogens is 1. The summed E-state index contributed by atoms with van der Waals surface area (Å²) in [6.45, 7) is 3.71. The van der Waals surface area contributed by atoms with Crippen LogP contribution >= 0.6 is 0 Å². The zero-order chi connectivity index (χ0) is 22.8. The van der Waals surface area contributed by atoms with Gasteiger partial charge in [-0.15, -0.1) is 0 Å². The van der Waals surface area contributed by atoms with Gasteiger partial charge in [0.1, 0.15) is 11.6 Å². The molecule has 0 spiro atoms. The van der Waals surface area contributed by atoms with E-state index < -0.39 is 0 Å². The molecule has 2 aliphatic heterocycles. The molecule has 0 unspecified atom stereocenters. The van der Waals surface area contributed by atoms with Gasteiger partial charge in [-0.1, -0.05) is 24.3 Å². The molecule has 7 nitrogen and oxygen atoms in total. The van der Waals surface area contributed by atoms with E-state index in [1.54, 1.807) is 7.11 Å². The van der Waals surface area contributed by atoms with Gasteiger partial charge in [0, 0.05) is 50.1 Å². The summed E-state index contributed by atoms with van der Waals surface area (Å²) in [5.41, 5.74) is 2.90. The SMILES string of the molecule is COc1ccc(CN2CCc3c(nc([C@H]4CCN(C(=O)[C@H]5CC=CCC5)C4)[nH]c3=O)C2)cc1. The smallest absolute Gasteiger partial charge is 0.254 e. The molecular weight excluding hydrogens is 416 g/mol. The fraction of sp³-hybridized carbons (Fsp3) is 0.500. The fourth-order valence-electron chi connectivity index (χ4n) is 5.29. The number of carbonyl (C=O) groups excluding carboxylic acids is 1. The summed E-state index contributed by atoms with van der Waals surface area (Å²) in [7, 11) is 1.67. The van der Waals surface area contributed by atoms with Crippen LogP contribution in [-0.4, -0.2) is 52.4 Å². The predicted molar refractivity (Wildman–Crippen MR) is 126 cm³/mol. The highest BCUT2D eigenvalue weighted by Gasteiger charge is 2.33. The first-order valence-electron chi connectivity index (χ1n) is 12.0. The van der Waals surface area contributed by atoms with Crippen molar-refractivity contribution in [3.8, 4) is 5.75 Å². The summed E-state index contributed by atoms with van der Waals surface area (Å²) in [5.74, 6) is 2.06. The molecule has 0 bridgehead atoms. The van der Waals surface area contributed by atoms with E-state index in [0.29, 0.717) is 19.5 Å². The molecule has 0 radical (unpaired) electrons. The molecule has 5 rings (SSSR count). The van der Waals surface area contributed by atoms with E-state index in [1.807, 2.05) is 17.0 Å². The largest absolute Gasteiger partial charge is 0.497 e. The molecule has 1 fully saturated rings. The number of nitrogens with one attached hydrogen (secondary N) is 1. The number of carbonyl (C=O) groups is 1. The Hall–Kier alpha value is -2.93. The van der Waals surface area contributed by atoms with Crippen molar-refractivity contribution in [2.24, 2.45) is 5.92 Å². The van der Waals surface area contributed by atoms with Gasteiger partial charge in [0.05, 0.1) is 12.8 Å². The lowest BCUT2D eigenvalue weighted by Gasteiger charge is -2.28. The van der Waals surface area contributed by atoms with Crippen LogP contribution in [0.3, 0.4) is 0 Å². The number of ether oxygens (including phenoxy) is 1. The Morgan fingerprint density at radius 2 is 2.03 bits per heavy atom. The number of amides is 1. The van der Waals surface area contributed by atoms with Crippen LogP contribution in [0.5, 0.6) is 5.75 Å². The van der Waals surface area contributed by atoms with Crippen molar-refractivity contribution in [1.82, 2.24) is 19.8 Å². The van der Waals surface area contributed by atoms with Gasteiger partial charge in [-0.2, -0.15) is 0 Å². The van der Waals surface area contributed by atoms with Crippen LogP contribution in [0.2, 0.25) is 0 Å². The number of likely N-dealkylation sites (tertiary alicyclic amines) is 1. The number of rotatable bonds is 5. The molecule has 3 aliphatic rings. The third kappa shape index (κ3) is 4.74. The van der Waals surface area contributed by atoms with Crippen LogP contribution < -0.4 is 10.3 Å². The highest BCUT2D eigenvalue weighted by atomic mass is 16.5. The molecule has 174 valence electrons. The second-order valence-electron chi connectivity index (χ2n) is 9.44. The number of aromatic nitrogens is 2. The maximum atomic E-state index is 12.9. The van der Waals surface area contributed by atoms with Crippen molar-refractivity contribution < 1.29 is 9.53 Å². The Bertz CT molecular complexity index is 1090. The summed E-state index contributed by atoms with van der Waals surface area (Å²) in [5, 5.41) is 0. The predicted octanol–water partition coefficient (Wildman–Crippen LogP) is 3.01. The Balaban J connectivity index is 1.27. The summed E-state index contributed by atoms with van der Waals surface area (Å²) in [6, 6.07) is 8.12. The third-order valence-electron chi connectivity index (χ3n) is 7.24. The van der Waals surface area contributed by atoms with Gasteiger partial charge in [0.15, 0.2) is 0 Å². The Kier molecular flexibility index (Phi) is 6.31. The van der Waals surface area contributed by atoms with Gasteiger partial charge in [-0.3, -0.25) is 14.5 Å². The molecule has 2 atom stereocenters. The topological polar surface area (TPSA) is 78.5 Å². The van der Waals surface area contributed by atoms with Crippen molar-refractivity contribution in [3.63, 3.8) is 0 Å². The lowest BCUT2D eigenvalue weighted by atomic mass is 9.93. The van der Waals surface area contributed by atoms with Crippen LogP contribution in [0.25, 0.3) is 0 Å². The third-order valence-corrected chi connectivity index (χ3v) is 7.24. The summed E-state index contributed by atoms with van der Waals surface area (Å²) >= 11 is 0. The average Bonchev–Trinajstić information content (AvgIpc) is 3.35. The van der Waals surface area contributed by atoms with Crippen molar-refractivity contribution in [2.45, 2.75) is 51.1 Å². The molecule has 1 N–H and O–H groups in total. The van der Waals surface area contributed by atoms with E-state index in [-0.39, 0.29) is 23.3 Å². The van der Waals surface area contributed by atoms with Crippen LogP contribution in [0.4, 0.5) is 0 Å². The summed E-state index contributed by atoms with van der Waals surface area (Å²) in [4.78, 5) is 38.0. The molecule has 1 aliphatic carbocycles. The molecule has 0 saturated carbocycles. The molecule has 33 heavy (non-hydrogen) atoms. The summed E-state index contributed by atoms with van der Waals surface area (Å²) in [6.07, 6.45) is 8.62. The van der Waals surface area contributed by atoms with E-state index in [1.165, 1.54) is 5.56 Å². The minimum Gasteiger partial charge on any atom is -0.497 e. The van der Waals surface area contributed by atoms with Crippen LogP contribution in [0.1, 0.15) is 54.2 Å².